The topological polar surface area (TPSA) is 48.9 Å². The predicted octanol–water partition coefficient (Wildman–Crippen LogP) is 6.12. The molecule has 2 aliphatic heterocycles. The molecule has 3 heterocycles. The number of anilines is 1. The number of likely N-dealkylation sites (tertiary alicyclic amines) is 1. The zero-order valence-electron chi connectivity index (χ0n) is 22.2. The van der Waals surface area contributed by atoms with Crippen LogP contribution >= 0.6 is 23.2 Å². The Labute approximate surface area is 245 Å². The molecule has 5 rings (SSSR count). The first-order valence-electron chi connectivity index (χ1n) is 13.1. The maximum atomic E-state index is 14.3. The average Bonchev–Trinajstić information content (AvgIpc) is 3.40. The summed E-state index contributed by atoms with van der Waals surface area (Å²) in [5.74, 6) is -0.958. The lowest BCUT2D eigenvalue weighted by Crippen LogP contribution is -2.38. The molecule has 0 N–H and O–H groups in total. The molecule has 12 heteroatoms. The van der Waals surface area contributed by atoms with E-state index in [9.17, 15) is 22.4 Å². The molecule has 0 aliphatic carbocycles. The van der Waals surface area contributed by atoms with Gasteiger partial charge in [-0.1, -0.05) is 35.3 Å². The first-order valence-corrected chi connectivity index (χ1v) is 13.9. The lowest BCUT2D eigenvalue weighted by Gasteiger charge is -2.29. The van der Waals surface area contributed by atoms with E-state index in [1.54, 1.807) is 35.4 Å². The zero-order chi connectivity index (χ0) is 29.3. The van der Waals surface area contributed by atoms with Crippen LogP contribution in [0.25, 0.3) is 0 Å². The summed E-state index contributed by atoms with van der Waals surface area (Å²) < 4.78 is 58.9. The number of hydrogen-bond acceptors (Lipinski definition) is 5. The van der Waals surface area contributed by atoms with Crippen LogP contribution in [-0.4, -0.2) is 73.2 Å². The van der Waals surface area contributed by atoms with Gasteiger partial charge in [-0.3, -0.25) is 9.69 Å². The second-order valence-electron chi connectivity index (χ2n) is 10.3. The predicted molar refractivity (Wildman–Crippen MR) is 149 cm³/mol. The third-order valence-corrected chi connectivity index (χ3v) is 8.35. The molecule has 2 aliphatic rings. The minimum atomic E-state index is -4.77. The summed E-state index contributed by atoms with van der Waals surface area (Å²) in [4.78, 5) is 23.9. The van der Waals surface area contributed by atoms with Crippen molar-refractivity contribution in [3.63, 3.8) is 0 Å². The highest BCUT2D eigenvalue weighted by Crippen LogP contribution is 2.36. The average molecular weight is 611 g/mol. The van der Waals surface area contributed by atoms with Gasteiger partial charge >= 0.3 is 6.18 Å². The summed E-state index contributed by atoms with van der Waals surface area (Å²) in [6.45, 7) is 3.45. The quantitative estimate of drug-likeness (QED) is 0.315. The van der Waals surface area contributed by atoms with Crippen LogP contribution in [0.5, 0.6) is 0 Å². The highest BCUT2D eigenvalue weighted by molar-refractivity contribution is 6.42. The van der Waals surface area contributed by atoms with E-state index in [0.29, 0.717) is 66.4 Å². The van der Waals surface area contributed by atoms with Gasteiger partial charge in [0.05, 0.1) is 28.8 Å². The number of pyridine rings is 1. The summed E-state index contributed by atoms with van der Waals surface area (Å²) in [5, 5.41) is 0.781. The molecule has 3 aromatic rings. The molecule has 2 fully saturated rings. The van der Waals surface area contributed by atoms with E-state index in [0.717, 1.165) is 17.7 Å². The molecule has 0 bridgehead atoms. The fourth-order valence-corrected chi connectivity index (χ4v) is 5.77. The largest absolute Gasteiger partial charge is 0.419 e. The molecule has 1 aromatic heterocycles. The summed E-state index contributed by atoms with van der Waals surface area (Å²) in [5.41, 5.74) is 0.459. The van der Waals surface area contributed by atoms with Crippen LogP contribution in [0.2, 0.25) is 10.0 Å². The smallest absolute Gasteiger partial charge is 0.378 e. The molecule has 2 saturated heterocycles. The van der Waals surface area contributed by atoms with Gasteiger partial charge in [-0.15, -0.1) is 0 Å². The van der Waals surface area contributed by atoms with Gasteiger partial charge in [0.15, 0.2) is 0 Å². The number of likely N-dealkylation sites (N-methyl/N-ethyl adjacent to an activating group) is 1. The number of morpholine rings is 1. The number of amides is 1. The molecular weight excluding hydrogens is 583 g/mol. The van der Waals surface area contributed by atoms with Crippen LogP contribution in [0.3, 0.4) is 0 Å². The van der Waals surface area contributed by atoms with E-state index < -0.39 is 17.6 Å². The zero-order valence-corrected chi connectivity index (χ0v) is 23.7. The van der Waals surface area contributed by atoms with E-state index in [4.69, 9.17) is 27.9 Å². The van der Waals surface area contributed by atoms with E-state index in [1.807, 2.05) is 18.0 Å². The molecule has 41 heavy (non-hydrogen) atoms. The number of aromatic nitrogens is 1. The number of hydrogen-bond donors (Lipinski definition) is 0. The standard InChI is InChI=1S/C29H28Cl2F4N4O2/c1-37(15-18-2-4-22(25(32)12-18)29(33,34)35)26-17-39(16-21(26)19-3-5-23(30)24(31)13-19)28(40)20-6-7-36-27(14-20)38-8-10-41-11-9-38/h2-7,12-14,21,26H,8-11,15-17H2,1H3/t21-,26+/m1/s1. The molecule has 2 aromatic carbocycles. The van der Waals surface area contributed by atoms with Crippen molar-refractivity contribution < 1.29 is 27.1 Å². The number of carbonyl (C=O) groups excluding carboxylic acids is 1. The van der Waals surface area contributed by atoms with E-state index in [2.05, 4.69) is 9.88 Å². The Bertz CT molecular complexity index is 1420. The maximum Gasteiger partial charge on any atom is 0.419 e. The number of benzene rings is 2. The lowest BCUT2D eigenvalue weighted by atomic mass is 9.93. The number of carbonyl (C=O) groups is 1. The number of nitrogens with zero attached hydrogens (tertiary/aromatic N) is 4. The Hall–Kier alpha value is -2.92. The first-order chi connectivity index (χ1) is 19.5. The highest BCUT2D eigenvalue weighted by atomic mass is 35.5. The Balaban J connectivity index is 1.39. The van der Waals surface area contributed by atoms with Crippen LogP contribution < -0.4 is 4.90 Å². The minimum Gasteiger partial charge on any atom is -0.378 e. The lowest BCUT2D eigenvalue weighted by molar-refractivity contribution is -0.140. The van der Waals surface area contributed by atoms with Gasteiger partial charge < -0.3 is 14.5 Å². The fraction of sp³-hybridized carbons (Fsp3) is 0.379. The Morgan fingerprint density at radius 1 is 1.05 bits per heavy atom. The van der Waals surface area contributed by atoms with Gasteiger partial charge in [0, 0.05) is 56.4 Å². The Morgan fingerprint density at radius 3 is 2.49 bits per heavy atom. The minimum absolute atomic E-state index is 0.163. The van der Waals surface area contributed by atoms with Crippen LogP contribution in [0, 0.1) is 5.82 Å². The van der Waals surface area contributed by atoms with E-state index >= 15 is 0 Å². The molecule has 0 saturated carbocycles. The van der Waals surface area contributed by atoms with Gasteiger partial charge in [-0.25, -0.2) is 9.37 Å². The molecule has 2 atom stereocenters. The van der Waals surface area contributed by atoms with Crippen molar-refractivity contribution in [2.75, 3.05) is 51.3 Å². The summed E-state index contributed by atoms with van der Waals surface area (Å²) in [6, 6.07) is 11.5. The molecular formula is C29H28Cl2F4N4O2. The fourth-order valence-electron chi connectivity index (χ4n) is 5.46. The molecule has 6 nitrogen and oxygen atoms in total. The van der Waals surface area contributed by atoms with Gasteiger partial charge in [-0.2, -0.15) is 13.2 Å². The van der Waals surface area contributed by atoms with Crippen molar-refractivity contribution in [2.45, 2.75) is 24.7 Å². The Kier molecular flexibility index (Phi) is 8.75. The van der Waals surface area contributed by atoms with E-state index in [-0.39, 0.29) is 24.4 Å². The monoisotopic (exact) mass is 610 g/mol. The first kappa shape index (κ1) is 29.6. The second-order valence-corrected chi connectivity index (χ2v) is 11.1. The molecule has 1 amide bonds. The summed E-state index contributed by atoms with van der Waals surface area (Å²) in [6.07, 6.45) is -3.15. The van der Waals surface area contributed by atoms with Crippen LogP contribution in [0.4, 0.5) is 23.4 Å². The van der Waals surface area contributed by atoms with E-state index in [1.165, 1.54) is 6.07 Å². The molecule has 0 spiro atoms. The van der Waals surface area contributed by atoms with Gasteiger partial charge in [0.25, 0.3) is 5.91 Å². The maximum absolute atomic E-state index is 14.3. The third-order valence-electron chi connectivity index (χ3n) is 7.61. The van der Waals surface area contributed by atoms with Gasteiger partial charge in [0.1, 0.15) is 11.6 Å². The van der Waals surface area contributed by atoms with Gasteiger partial charge in [0.2, 0.25) is 0 Å². The van der Waals surface area contributed by atoms with Crippen molar-refractivity contribution >= 4 is 34.9 Å². The van der Waals surface area contributed by atoms with Gasteiger partial charge in [-0.05, 0) is 54.6 Å². The molecule has 218 valence electrons. The number of halogens is 6. The van der Waals surface area contributed by atoms with Crippen LogP contribution in [0.1, 0.15) is 33.0 Å². The number of ether oxygens (including phenoxy) is 1. The third kappa shape index (κ3) is 6.61. The summed E-state index contributed by atoms with van der Waals surface area (Å²) in [7, 11) is 1.81. The number of alkyl halides is 3. The Morgan fingerprint density at radius 2 is 1.80 bits per heavy atom. The molecule has 0 radical (unpaired) electrons. The van der Waals surface area contributed by atoms with Crippen LogP contribution in [0.15, 0.2) is 54.7 Å². The van der Waals surface area contributed by atoms with Crippen molar-refractivity contribution in [1.29, 1.82) is 0 Å². The number of rotatable bonds is 6. The van der Waals surface area contributed by atoms with Crippen molar-refractivity contribution in [1.82, 2.24) is 14.8 Å². The van der Waals surface area contributed by atoms with Crippen LogP contribution in [-0.2, 0) is 17.5 Å². The van der Waals surface area contributed by atoms with Crippen molar-refractivity contribution in [2.24, 2.45) is 0 Å². The normalized spacial score (nSPS) is 19.7. The van der Waals surface area contributed by atoms with Crippen molar-refractivity contribution in [3.05, 3.63) is 92.8 Å². The highest BCUT2D eigenvalue weighted by Gasteiger charge is 2.39. The SMILES string of the molecule is CN(Cc1ccc(C(F)(F)F)c(F)c1)[C@H]1CN(C(=O)c2ccnc(N3CCOCC3)c2)C[C@@H]1c1ccc(Cl)c(Cl)c1. The second kappa shape index (κ2) is 12.1. The summed E-state index contributed by atoms with van der Waals surface area (Å²) >= 11 is 12.5. The molecule has 0 unspecified atom stereocenters. The van der Waals surface area contributed by atoms with Crippen molar-refractivity contribution in [3.8, 4) is 0 Å².